The van der Waals surface area contributed by atoms with E-state index in [0.717, 1.165) is 5.92 Å². The van der Waals surface area contributed by atoms with E-state index in [4.69, 9.17) is 5.73 Å². The number of rotatable bonds is 2. The smallest absolute Gasteiger partial charge is 0.0500 e. The highest BCUT2D eigenvalue weighted by molar-refractivity contribution is 5.32. The van der Waals surface area contributed by atoms with Crippen LogP contribution in [0.25, 0.3) is 0 Å². The zero-order valence-corrected chi connectivity index (χ0v) is 8.95. The van der Waals surface area contributed by atoms with Crippen molar-refractivity contribution in [1.82, 2.24) is 4.98 Å². The van der Waals surface area contributed by atoms with Gasteiger partial charge in [0, 0.05) is 12.4 Å². The average molecular weight is 192 g/mol. The lowest BCUT2D eigenvalue weighted by atomic mass is 9.82. The summed E-state index contributed by atoms with van der Waals surface area (Å²) in [6.07, 6.45) is 10.7. The summed E-state index contributed by atoms with van der Waals surface area (Å²) >= 11 is 0. The van der Waals surface area contributed by atoms with Crippen LogP contribution in [0.5, 0.6) is 0 Å². The first-order chi connectivity index (χ1) is 6.83. The van der Waals surface area contributed by atoms with Crippen LogP contribution in [0.15, 0.2) is 24.5 Å². The molecule has 78 valence electrons. The van der Waals surface area contributed by atoms with Gasteiger partial charge in [0.05, 0.1) is 5.69 Å². The zero-order chi connectivity index (χ0) is 10.2. The van der Waals surface area contributed by atoms with Crippen LogP contribution in [0.2, 0.25) is 0 Å². The summed E-state index contributed by atoms with van der Waals surface area (Å²) in [5.74, 6) is 1.13. The van der Waals surface area contributed by atoms with Gasteiger partial charge in [-0.15, -0.1) is 0 Å². The van der Waals surface area contributed by atoms with Crippen LogP contribution in [0, 0.1) is 5.92 Å². The van der Waals surface area contributed by atoms with Crippen molar-refractivity contribution in [2.75, 3.05) is 5.73 Å². The highest BCUT2D eigenvalue weighted by atomic mass is 14.7. The molecule has 2 nitrogen and oxygen atoms in total. The van der Waals surface area contributed by atoms with Gasteiger partial charge < -0.3 is 5.73 Å². The van der Waals surface area contributed by atoms with Gasteiger partial charge in [0.2, 0.25) is 0 Å². The van der Waals surface area contributed by atoms with Gasteiger partial charge in [-0.3, -0.25) is 4.98 Å². The molecular formula is C12H20N2. The van der Waals surface area contributed by atoms with Crippen molar-refractivity contribution in [1.29, 1.82) is 0 Å². The van der Waals surface area contributed by atoms with Crippen molar-refractivity contribution in [3.05, 3.63) is 24.5 Å². The predicted octanol–water partition coefficient (Wildman–Crippen LogP) is 3.25. The highest BCUT2D eigenvalue weighted by Gasteiger charge is 2.14. The summed E-state index contributed by atoms with van der Waals surface area (Å²) in [5.41, 5.74) is 6.01. The Labute approximate surface area is 86.5 Å². The Bertz CT molecular complexity index is 229. The summed E-state index contributed by atoms with van der Waals surface area (Å²) in [6, 6.07) is 3.60. The van der Waals surface area contributed by atoms with E-state index in [1.807, 2.05) is 0 Å². The molecule has 14 heavy (non-hydrogen) atoms. The number of aromatic nitrogens is 1. The number of nitrogens with zero attached hydrogens (tertiary/aromatic N) is 1. The first-order valence-electron chi connectivity index (χ1n) is 5.48. The fourth-order valence-electron chi connectivity index (χ4n) is 1.57. The molecule has 1 heterocycles. The minimum absolute atomic E-state index is 0.711. The van der Waals surface area contributed by atoms with Crippen LogP contribution < -0.4 is 5.73 Å². The van der Waals surface area contributed by atoms with Crippen molar-refractivity contribution in [2.45, 2.75) is 39.0 Å². The Hall–Kier alpha value is -1.05. The van der Waals surface area contributed by atoms with E-state index in [1.165, 1.54) is 32.1 Å². The van der Waals surface area contributed by atoms with E-state index in [0.29, 0.717) is 5.69 Å². The minimum atomic E-state index is 0.711. The van der Waals surface area contributed by atoms with Crippen LogP contribution in [-0.4, -0.2) is 4.98 Å². The first-order valence-corrected chi connectivity index (χ1v) is 5.48. The molecule has 1 aliphatic carbocycles. The Morgan fingerprint density at radius 1 is 1.50 bits per heavy atom. The molecule has 0 spiro atoms. The molecular weight excluding hydrogens is 172 g/mol. The van der Waals surface area contributed by atoms with Crippen molar-refractivity contribution < 1.29 is 0 Å². The lowest BCUT2D eigenvalue weighted by Gasteiger charge is -2.24. The topological polar surface area (TPSA) is 38.9 Å². The van der Waals surface area contributed by atoms with Gasteiger partial charge in [0.25, 0.3) is 0 Å². The molecule has 0 saturated heterocycles. The quantitative estimate of drug-likeness (QED) is 0.781. The molecule has 0 atom stereocenters. The number of anilines is 1. The second kappa shape index (κ2) is 6.41. The van der Waals surface area contributed by atoms with E-state index in [2.05, 4.69) is 11.9 Å². The summed E-state index contributed by atoms with van der Waals surface area (Å²) in [6.45, 7) is 2.28. The van der Waals surface area contributed by atoms with E-state index in [-0.39, 0.29) is 0 Å². The van der Waals surface area contributed by atoms with Crippen LogP contribution in [0.1, 0.15) is 39.0 Å². The lowest BCUT2D eigenvalue weighted by molar-refractivity contribution is 0.294. The van der Waals surface area contributed by atoms with Gasteiger partial charge in [0.1, 0.15) is 0 Å². The molecule has 0 radical (unpaired) electrons. The van der Waals surface area contributed by atoms with Crippen LogP contribution in [0.4, 0.5) is 5.69 Å². The molecule has 1 aromatic rings. The second-order valence-electron chi connectivity index (χ2n) is 3.87. The largest absolute Gasteiger partial charge is 0.397 e. The highest BCUT2D eigenvalue weighted by Crippen LogP contribution is 2.29. The monoisotopic (exact) mass is 192 g/mol. The van der Waals surface area contributed by atoms with Gasteiger partial charge in [-0.25, -0.2) is 0 Å². The number of pyridine rings is 1. The van der Waals surface area contributed by atoms with Crippen LogP contribution in [-0.2, 0) is 0 Å². The third-order valence-electron chi connectivity index (χ3n) is 2.61. The van der Waals surface area contributed by atoms with E-state index < -0.39 is 0 Å². The number of nitrogen functional groups attached to an aromatic ring is 1. The fourth-order valence-corrected chi connectivity index (χ4v) is 1.57. The van der Waals surface area contributed by atoms with Crippen molar-refractivity contribution >= 4 is 5.69 Å². The molecule has 2 rings (SSSR count). The van der Waals surface area contributed by atoms with Crippen LogP contribution in [0.3, 0.4) is 0 Å². The second-order valence-corrected chi connectivity index (χ2v) is 3.87. The molecule has 1 aliphatic rings. The fraction of sp³-hybridized carbons (Fsp3) is 0.583. The first kappa shape index (κ1) is 11.0. The Morgan fingerprint density at radius 2 is 2.29 bits per heavy atom. The minimum Gasteiger partial charge on any atom is -0.397 e. The molecule has 2 heteroatoms. The van der Waals surface area contributed by atoms with Gasteiger partial charge in [-0.1, -0.05) is 39.0 Å². The maximum Gasteiger partial charge on any atom is 0.0500 e. The van der Waals surface area contributed by atoms with Crippen molar-refractivity contribution in [3.63, 3.8) is 0 Å². The molecule has 1 fully saturated rings. The molecule has 1 saturated carbocycles. The standard InChI is InChI=1S/C7H14.C5H6N2/c1-2-4-7-5-3-6-7;6-5-2-1-3-7-4-5/h7H,2-6H2,1H3;1-4H,6H2. The SMILES string of the molecule is CCCC1CCC1.Nc1cccnc1. The van der Waals surface area contributed by atoms with Crippen molar-refractivity contribution in [3.8, 4) is 0 Å². The van der Waals surface area contributed by atoms with E-state index in [9.17, 15) is 0 Å². The normalized spacial score (nSPS) is 15.2. The molecule has 0 amide bonds. The van der Waals surface area contributed by atoms with Gasteiger partial charge in [-0.05, 0) is 18.1 Å². The van der Waals surface area contributed by atoms with Crippen LogP contribution >= 0.6 is 0 Å². The zero-order valence-electron chi connectivity index (χ0n) is 8.95. The van der Waals surface area contributed by atoms with Gasteiger partial charge >= 0.3 is 0 Å². The third kappa shape index (κ3) is 4.26. The molecule has 0 aliphatic heterocycles. The average Bonchev–Trinajstić information content (AvgIpc) is 2.14. The summed E-state index contributed by atoms with van der Waals surface area (Å²) in [7, 11) is 0. The Morgan fingerprint density at radius 3 is 2.50 bits per heavy atom. The third-order valence-corrected chi connectivity index (χ3v) is 2.61. The number of hydrogen-bond acceptors (Lipinski definition) is 2. The summed E-state index contributed by atoms with van der Waals surface area (Å²) in [5, 5.41) is 0. The number of nitrogens with two attached hydrogens (primary N) is 1. The molecule has 1 aromatic heterocycles. The Balaban J connectivity index is 0.000000140. The van der Waals surface area contributed by atoms with E-state index in [1.54, 1.807) is 24.5 Å². The summed E-state index contributed by atoms with van der Waals surface area (Å²) < 4.78 is 0. The maximum absolute atomic E-state index is 5.30. The van der Waals surface area contributed by atoms with Crippen molar-refractivity contribution in [2.24, 2.45) is 5.92 Å². The number of hydrogen-bond donors (Lipinski definition) is 1. The van der Waals surface area contributed by atoms with Gasteiger partial charge in [0.15, 0.2) is 0 Å². The molecule has 0 bridgehead atoms. The molecule has 0 aromatic carbocycles. The van der Waals surface area contributed by atoms with Gasteiger partial charge in [-0.2, -0.15) is 0 Å². The lowest BCUT2D eigenvalue weighted by Crippen LogP contribution is -2.09. The maximum atomic E-state index is 5.30. The molecule has 0 unspecified atom stereocenters. The van der Waals surface area contributed by atoms with E-state index >= 15 is 0 Å². The summed E-state index contributed by atoms with van der Waals surface area (Å²) in [4.78, 5) is 3.76. The molecule has 2 N–H and O–H groups in total. The Kier molecular flexibility index (Phi) is 5.05. The predicted molar refractivity (Wildman–Crippen MR) is 60.9 cm³/mol.